The van der Waals surface area contributed by atoms with Crippen molar-refractivity contribution in [3.63, 3.8) is 0 Å². The van der Waals surface area contributed by atoms with Crippen LogP contribution in [0.5, 0.6) is 5.75 Å². The van der Waals surface area contributed by atoms with Gasteiger partial charge in [-0.3, -0.25) is 4.79 Å². The van der Waals surface area contributed by atoms with E-state index in [1.165, 1.54) is 6.07 Å². The number of hydrogen-bond donors (Lipinski definition) is 1. The molecule has 1 N–H and O–H groups in total. The van der Waals surface area contributed by atoms with Gasteiger partial charge in [0.05, 0.1) is 12.5 Å². The molecule has 0 unspecified atom stereocenters. The number of ether oxygens (including phenoxy) is 1. The van der Waals surface area contributed by atoms with E-state index in [1.54, 1.807) is 19.1 Å². The van der Waals surface area contributed by atoms with Crippen LogP contribution >= 0.6 is 0 Å². The van der Waals surface area contributed by atoms with Crippen LogP contribution in [0.3, 0.4) is 0 Å². The number of aliphatic carboxylic acids is 1. The van der Waals surface area contributed by atoms with Crippen molar-refractivity contribution in [2.75, 3.05) is 13.2 Å². The zero-order valence-electron chi connectivity index (χ0n) is 13.5. The summed E-state index contributed by atoms with van der Waals surface area (Å²) in [6.07, 6.45) is 1.65. The van der Waals surface area contributed by atoms with E-state index in [0.29, 0.717) is 16.9 Å². The topological polar surface area (TPSA) is 109 Å². The number of carbonyl (C=O) groups excluding carboxylic acids is 2. The van der Waals surface area contributed by atoms with Gasteiger partial charge in [-0.05, 0) is 31.0 Å². The van der Waals surface area contributed by atoms with Crippen molar-refractivity contribution in [3.8, 4) is 5.75 Å². The van der Waals surface area contributed by atoms with Crippen LogP contribution in [0.1, 0.15) is 24.5 Å². The lowest BCUT2D eigenvalue weighted by molar-refractivity contribution is -0.304. The van der Waals surface area contributed by atoms with Crippen LogP contribution in [0.4, 0.5) is 0 Å². The van der Waals surface area contributed by atoms with Crippen LogP contribution in [-0.2, 0) is 16.0 Å². The van der Waals surface area contributed by atoms with Gasteiger partial charge in [-0.2, -0.15) is 0 Å². The number of nitrogens with one attached hydrogen (secondary N) is 1. The number of hydrogen-bond acceptors (Lipinski definition) is 6. The van der Waals surface area contributed by atoms with Gasteiger partial charge in [0.15, 0.2) is 6.61 Å². The fraction of sp³-hybridized carbons (Fsp3) is 0.353. The van der Waals surface area contributed by atoms with E-state index >= 15 is 0 Å². The van der Waals surface area contributed by atoms with Gasteiger partial charge in [0.25, 0.3) is 5.91 Å². The second-order valence-electron chi connectivity index (χ2n) is 5.34. The molecule has 0 fully saturated rings. The summed E-state index contributed by atoms with van der Waals surface area (Å²) in [5, 5.41) is 13.3. The fourth-order valence-electron chi connectivity index (χ4n) is 2.41. The lowest BCUT2D eigenvalue weighted by Crippen LogP contribution is -2.39. The third-order valence-corrected chi connectivity index (χ3v) is 3.50. The Morgan fingerprint density at radius 1 is 1.33 bits per heavy atom. The summed E-state index contributed by atoms with van der Waals surface area (Å²) < 4.78 is 10.7. The fourth-order valence-corrected chi connectivity index (χ4v) is 2.41. The van der Waals surface area contributed by atoms with E-state index in [2.05, 4.69) is 5.32 Å². The van der Waals surface area contributed by atoms with Gasteiger partial charge in [0.2, 0.25) is 0 Å². The van der Waals surface area contributed by atoms with Crippen LogP contribution in [0.25, 0.3) is 11.0 Å². The molecule has 0 aliphatic carbocycles. The SMILES string of the molecule is CCCc1cc(=O)oc2c(C)c(OCC(=O)NCC(=O)[O-])ccc12. The molecule has 1 heterocycles. The summed E-state index contributed by atoms with van der Waals surface area (Å²) in [5.41, 5.74) is 1.51. The molecular weight excluding hydrogens is 314 g/mol. The highest BCUT2D eigenvalue weighted by Crippen LogP contribution is 2.28. The largest absolute Gasteiger partial charge is 0.548 e. The predicted molar refractivity (Wildman–Crippen MR) is 84.7 cm³/mol. The Morgan fingerprint density at radius 3 is 2.75 bits per heavy atom. The van der Waals surface area contributed by atoms with Crippen LogP contribution < -0.4 is 20.8 Å². The van der Waals surface area contributed by atoms with Crippen molar-refractivity contribution >= 4 is 22.8 Å². The molecule has 7 nitrogen and oxygen atoms in total. The standard InChI is InChI=1S/C17H19NO6/c1-3-4-11-7-16(22)24-17-10(2)13(6-5-12(11)17)23-9-14(19)18-8-15(20)21/h5-7H,3-4,8-9H2,1-2H3,(H,18,19)(H,20,21)/p-1. The van der Waals surface area contributed by atoms with Gasteiger partial charge < -0.3 is 24.4 Å². The minimum absolute atomic E-state index is 0.349. The zero-order valence-corrected chi connectivity index (χ0v) is 13.5. The quantitative estimate of drug-likeness (QED) is 0.731. The minimum atomic E-state index is -1.38. The summed E-state index contributed by atoms with van der Waals surface area (Å²) in [6.45, 7) is 2.83. The van der Waals surface area contributed by atoms with E-state index in [0.717, 1.165) is 23.8 Å². The van der Waals surface area contributed by atoms with Gasteiger partial charge in [0, 0.05) is 17.0 Å². The number of carboxylic acid groups (broad SMARTS) is 1. The molecule has 0 radical (unpaired) electrons. The summed E-state index contributed by atoms with van der Waals surface area (Å²) >= 11 is 0. The molecule has 2 aromatic rings. The smallest absolute Gasteiger partial charge is 0.336 e. The Morgan fingerprint density at radius 2 is 2.08 bits per heavy atom. The number of benzene rings is 1. The summed E-state index contributed by atoms with van der Waals surface area (Å²) in [5.74, 6) is -1.57. The summed E-state index contributed by atoms with van der Waals surface area (Å²) in [4.78, 5) is 33.5. The molecule has 0 atom stereocenters. The molecule has 2 rings (SSSR count). The normalized spacial score (nSPS) is 10.6. The second-order valence-corrected chi connectivity index (χ2v) is 5.34. The van der Waals surface area contributed by atoms with E-state index in [4.69, 9.17) is 9.15 Å². The van der Waals surface area contributed by atoms with Crippen LogP contribution in [0.15, 0.2) is 27.4 Å². The first-order chi connectivity index (χ1) is 11.4. The first-order valence-electron chi connectivity index (χ1n) is 7.58. The van der Waals surface area contributed by atoms with E-state index in [9.17, 15) is 19.5 Å². The van der Waals surface area contributed by atoms with E-state index in [-0.39, 0.29) is 6.61 Å². The predicted octanol–water partition coefficient (Wildman–Crippen LogP) is 0.299. The first kappa shape index (κ1) is 17.5. The van der Waals surface area contributed by atoms with Crippen molar-refractivity contribution in [3.05, 3.63) is 39.7 Å². The van der Waals surface area contributed by atoms with Crippen LogP contribution in [0.2, 0.25) is 0 Å². The molecule has 7 heteroatoms. The summed E-state index contributed by atoms with van der Waals surface area (Å²) in [7, 11) is 0. The van der Waals surface area contributed by atoms with Gasteiger partial charge in [-0.15, -0.1) is 0 Å². The van der Waals surface area contributed by atoms with Crippen molar-refractivity contribution in [2.45, 2.75) is 26.7 Å². The van der Waals surface area contributed by atoms with E-state index < -0.39 is 24.0 Å². The Bertz CT molecular complexity index is 824. The Kier molecular flexibility index (Phi) is 5.57. The molecule has 24 heavy (non-hydrogen) atoms. The Labute approximate surface area is 138 Å². The average molecular weight is 332 g/mol. The molecule has 0 saturated heterocycles. The number of fused-ring (bicyclic) bond motifs is 1. The molecule has 0 aliphatic rings. The third-order valence-electron chi connectivity index (χ3n) is 3.50. The molecule has 0 spiro atoms. The molecule has 1 aromatic heterocycles. The van der Waals surface area contributed by atoms with Crippen LogP contribution in [0, 0.1) is 6.92 Å². The van der Waals surface area contributed by atoms with Crippen LogP contribution in [-0.4, -0.2) is 25.0 Å². The zero-order chi connectivity index (χ0) is 17.7. The van der Waals surface area contributed by atoms with Gasteiger partial charge in [0.1, 0.15) is 11.3 Å². The number of carboxylic acids is 1. The number of amides is 1. The first-order valence-corrected chi connectivity index (χ1v) is 7.58. The number of carbonyl (C=O) groups is 2. The maximum Gasteiger partial charge on any atom is 0.336 e. The highest BCUT2D eigenvalue weighted by molar-refractivity contribution is 5.85. The van der Waals surface area contributed by atoms with E-state index in [1.807, 2.05) is 6.92 Å². The van der Waals surface area contributed by atoms with Crippen molar-refractivity contribution in [1.82, 2.24) is 5.32 Å². The van der Waals surface area contributed by atoms with Crippen molar-refractivity contribution in [1.29, 1.82) is 0 Å². The molecule has 0 aliphatic heterocycles. The highest BCUT2D eigenvalue weighted by Gasteiger charge is 2.12. The minimum Gasteiger partial charge on any atom is -0.548 e. The Hall–Kier alpha value is -2.83. The molecular formula is C17H18NO6-. The number of aryl methyl sites for hydroxylation is 2. The lowest BCUT2D eigenvalue weighted by Gasteiger charge is -2.12. The molecule has 1 aromatic carbocycles. The monoisotopic (exact) mass is 332 g/mol. The molecule has 0 bridgehead atoms. The summed E-state index contributed by atoms with van der Waals surface area (Å²) in [6, 6.07) is 4.96. The lowest BCUT2D eigenvalue weighted by atomic mass is 10.0. The van der Waals surface area contributed by atoms with Gasteiger partial charge in [-0.25, -0.2) is 4.79 Å². The molecule has 0 saturated carbocycles. The highest BCUT2D eigenvalue weighted by atomic mass is 16.5. The average Bonchev–Trinajstić information content (AvgIpc) is 2.53. The van der Waals surface area contributed by atoms with Crippen molar-refractivity contribution in [2.24, 2.45) is 0 Å². The van der Waals surface area contributed by atoms with Gasteiger partial charge in [-0.1, -0.05) is 13.3 Å². The maximum absolute atomic E-state index is 11.7. The van der Waals surface area contributed by atoms with Crippen molar-refractivity contribution < 1.29 is 23.8 Å². The maximum atomic E-state index is 11.7. The Balaban J connectivity index is 2.23. The number of rotatable bonds is 7. The second kappa shape index (κ2) is 7.63. The molecule has 128 valence electrons. The molecule has 1 amide bonds. The third kappa shape index (κ3) is 4.13. The van der Waals surface area contributed by atoms with Gasteiger partial charge >= 0.3 is 5.63 Å².